The Labute approximate surface area is 30.9 Å². The Morgan fingerprint density at radius 3 is 2.20 bits per heavy atom. The molecule has 0 fully saturated rings. The summed E-state index contributed by atoms with van der Waals surface area (Å²) in [6.45, 7) is 0. The Morgan fingerprint density at radius 1 is 2.00 bits per heavy atom. The minimum absolute atomic E-state index is 0.718. The summed E-state index contributed by atoms with van der Waals surface area (Å²) in [6, 6.07) is 0. The maximum Gasteiger partial charge on any atom is 0.202 e. The fourth-order valence-electron chi connectivity index (χ4n) is 0. The summed E-state index contributed by atoms with van der Waals surface area (Å²) in [5, 5.41) is 0. The SMILES string of the molecule is [B]C(=O)NN. The normalized spacial score (nSPS) is 6.60. The third kappa shape index (κ3) is 3.49. The lowest BCUT2D eigenvalue weighted by Gasteiger charge is -1.81. The lowest BCUT2D eigenvalue weighted by molar-refractivity contribution is 0.260. The van der Waals surface area contributed by atoms with Gasteiger partial charge in [0.15, 0.2) is 5.81 Å². The van der Waals surface area contributed by atoms with E-state index in [1.54, 1.807) is 5.43 Å². The van der Waals surface area contributed by atoms with Gasteiger partial charge in [0.2, 0.25) is 7.85 Å². The summed E-state index contributed by atoms with van der Waals surface area (Å²) in [4.78, 5) is 9.35. The lowest BCUT2D eigenvalue weighted by Crippen LogP contribution is -2.28. The summed E-state index contributed by atoms with van der Waals surface area (Å²) >= 11 is 0. The van der Waals surface area contributed by atoms with Crippen molar-refractivity contribution in [1.82, 2.24) is 5.43 Å². The van der Waals surface area contributed by atoms with Crippen LogP contribution in [-0.2, 0) is 0 Å². The van der Waals surface area contributed by atoms with E-state index in [-0.39, 0.29) is 0 Å². The van der Waals surface area contributed by atoms with Gasteiger partial charge in [0.25, 0.3) is 0 Å². The number of carbonyl (C=O) groups excluding carboxylic acids is 1. The van der Waals surface area contributed by atoms with E-state index in [2.05, 4.69) is 13.7 Å². The van der Waals surface area contributed by atoms with Gasteiger partial charge in [-0.2, -0.15) is 0 Å². The Bertz CT molecular complexity index is 44.9. The van der Waals surface area contributed by atoms with Crippen molar-refractivity contribution in [2.45, 2.75) is 0 Å². The maximum absolute atomic E-state index is 9.35. The molecule has 0 aromatic carbocycles. The van der Waals surface area contributed by atoms with Crippen molar-refractivity contribution in [3.05, 3.63) is 0 Å². The number of nitrogens with two attached hydrogens (primary N) is 1. The predicted octanol–water partition coefficient (Wildman–Crippen LogP) is -1.26. The molecule has 0 aliphatic carbocycles. The lowest BCUT2D eigenvalue weighted by atomic mass is 10.1. The zero-order valence-corrected chi connectivity index (χ0v) is 2.56. The summed E-state index contributed by atoms with van der Waals surface area (Å²) in [6.07, 6.45) is 0. The number of nitrogens with one attached hydrogen (secondary N) is 1. The first kappa shape index (κ1) is 4.49. The summed E-state index contributed by atoms with van der Waals surface area (Å²) in [7, 11) is 4.42. The first-order valence-corrected chi connectivity index (χ1v) is 1.03. The van der Waals surface area contributed by atoms with Crippen LogP contribution in [0.1, 0.15) is 0 Å². The molecule has 0 saturated heterocycles. The van der Waals surface area contributed by atoms with Crippen molar-refractivity contribution in [1.29, 1.82) is 0 Å². The molecule has 0 saturated carbocycles. The Kier molecular flexibility index (Phi) is 1.60. The van der Waals surface area contributed by atoms with Gasteiger partial charge in [-0.25, -0.2) is 5.84 Å². The minimum Gasteiger partial charge on any atom is -0.304 e. The molecule has 0 bridgehead atoms. The van der Waals surface area contributed by atoms with E-state index >= 15 is 0 Å². The van der Waals surface area contributed by atoms with Gasteiger partial charge in [-0.3, -0.25) is 4.79 Å². The molecule has 0 heterocycles. The first-order chi connectivity index (χ1) is 2.27. The smallest absolute Gasteiger partial charge is 0.202 e. The fourth-order valence-corrected chi connectivity index (χ4v) is 0. The maximum atomic E-state index is 9.35. The monoisotopic (exact) mass is 70.0 g/mol. The van der Waals surface area contributed by atoms with Gasteiger partial charge in [-0.1, -0.05) is 0 Å². The second kappa shape index (κ2) is 1.78. The van der Waals surface area contributed by atoms with Crippen LogP contribution in [0.4, 0.5) is 4.79 Å². The third-order valence-electron chi connectivity index (χ3n) is 0.142. The highest BCUT2D eigenvalue weighted by Crippen LogP contribution is 1.41. The highest BCUT2D eigenvalue weighted by molar-refractivity contribution is 6.56. The van der Waals surface area contributed by atoms with Gasteiger partial charge in [0.1, 0.15) is 0 Å². The average Bonchev–Trinajstić information content (AvgIpc) is 1.38. The quantitative estimate of drug-likeness (QED) is 0.162. The molecule has 0 spiro atoms. The van der Waals surface area contributed by atoms with Gasteiger partial charge < -0.3 is 5.43 Å². The topological polar surface area (TPSA) is 55.1 Å². The zero-order chi connectivity index (χ0) is 4.28. The fraction of sp³-hybridized carbons (Fsp3) is 0. The summed E-state index contributed by atoms with van der Waals surface area (Å²) in [5.41, 5.74) is 1.67. The molecule has 0 rings (SSSR count). The molecule has 2 radical (unpaired) electrons. The van der Waals surface area contributed by atoms with Gasteiger partial charge in [0, 0.05) is 0 Å². The largest absolute Gasteiger partial charge is 0.304 e. The van der Waals surface area contributed by atoms with Crippen molar-refractivity contribution in [3.8, 4) is 0 Å². The first-order valence-electron chi connectivity index (χ1n) is 1.03. The van der Waals surface area contributed by atoms with E-state index < -0.39 is 5.81 Å². The molecular formula is CH3BN2O. The van der Waals surface area contributed by atoms with Crippen molar-refractivity contribution >= 4 is 13.7 Å². The molecule has 26 valence electrons. The molecule has 1 amide bonds. The van der Waals surface area contributed by atoms with E-state index in [1.165, 1.54) is 0 Å². The highest BCUT2D eigenvalue weighted by Gasteiger charge is 1.73. The van der Waals surface area contributed by atoms with E-state index in [0.29, 0.717) is 0 Å². The molecule has 0 aromatic heterocycles. The molecule has 5 heavy (non-hydrogen) atoms. The number of hydrogen-bond acceptors (Lipinski definition) is 2. The van der Waals surface area contributed by atoms with Crippen LogP contribution < -0.4 is 11.3 Å². The zero-order valence-electron chi connectivity index (χ0n) is 2.56. The Balaban J connectivity index is 2.85. The Hall–Kier alpha value is -0.505. The summed E-state index contributed by atoms with van der Waals surface area (Å²) < 4.78 is 0. The van der Waals surface area contributed by atoms with Crippen LogP contribution in [0, 0.1) is 0 Å². The van der Waals surface area contributed by atoms with Crippen LogP contribution in [0.15, 0.2) is 0 Å². The average molecular weight is 69.9 g/mol. The van der Waals surface area contributed by atoms with Crippen LogP contribution in [0.5, 0.6) is 0 Å². The second-order valence-electron chi connectivity index (χ2n) is 0.509. The highest BCUT2D eigenvalue weighted by atomic mass is 16.1. The molecule has 0 aliphatic heterocycles. The van der Waals surface area contributed by atoms with Crippen molar-refractivity contribution < 1.29 is 4.79 Å². The molecule has 3 nitrogen and oxygen atoms in total. The molecule has 0 atom stereocenters. The molecule has 0 unspecified atom stereocenters. The minimum atomic E-state index is -0.718. The third-order valence-corrected chi connectivity index (χ3v) is 0.142. The number of rotatable bonds is 0. The van der Waals surface area contributed by atoms with Gasteiger partial charge in [-0.15, -0.1) is 0 Å². The van der Waals surface area contributed by atoms with Crippen LogP contribution in [0.2, 0.25) is 0 Å². The van der Waals surface area contributed by atoms with E-state index in [0.717, 1.165) is 0 Å². The molecule has 4 heteroatoms. The second-order valence-corrected chi connectivity index (χ2v) is 0.509. The molecule has 0 aromatic rings. The van der Waals surface area contributed by atoms with Crippen LogP contribution in [0.25, 0.3) is 0 Å². The van der Waals surface area contributed by atoms with Crippen LogP contribution in [0.3, 0.4) is 0 Å². The van der Waals surface area contributed by atoms with E-state index in [1.807, 2.05) is 0 Å². The number of hydrazine groups is 1. The van der Waals surface area contributed by atoms with Crippen LogP contribution in [-0.4, -0.2) is 13.7 Å². The van der Waals surface area contributed by atoms with Crippen molar-refractivity contribution in [2.75, 3.05) is 0 Å². The van der Waals surface area contributed by atoms with Gasteiger partial charge in [0.05, 0.1) is 0 Å². The van der Waals surface area contributed by atoms with Crippen LogP contribution >= 0.6 is 0 Å². The standard InChI is InChI=1S/CH3BN2O/c2-1(5)4-3/h3H2,(H,4,5). The number of carbonyl (C=O) groups is 1. The van der Waals surface area contributed by atoms with Crippen molar-refractivity contribution in [2.24, 2.45) is 5.84 Å². The van der Waals surface area contributed by atoms with E-state index in [4.69, 9.17) is 0 Å². The number of hydrogen-bond donors (Lipinski definition) is 2. The van der Waals surface area contributed by atoms with Gasteiger partial charge >= 0.3 is 0 Å². The van der Waals surface area contributed by atoms with E-state index in [9.17, 15) is 4.79 Å². The van der Waals surface area contributed by atoms with Crippen molar-refractivity contribution in [3.63, 3.8) is 0 Å². The molecular weight excluding hydrogens is 66.8 g/mol. The Morgan fingerprint density at radius 2 is 2.20 bits per heavy atom. The molecule has 0 aliphatic rings. The number of amides is 1. The summed E-state index contributed by atoms with van der Waals surface area (Å²) in [5.74, 6) is 3.73. The molecule has 3 N–H and O–H groups in total. The predicted molar refractivity (Wildman–Crippen MR) is 18.5 cm³/mol. The van der Waals surface area contributed by atoms with Gasteiger partial charge in [-0.05, 0) is 0 Å².